The van der Waals surface area contributed by atoms with E-state index in [2.05, 4.69) is 15.9 Å². The van der Waals surface area contributed by atoms with Gasteiger partial charge in [-0.1, -0.05) is 28.1 Å². The second-order valence-corrected chi connectivity index (χ2v) is 9.50. The maximum Gasteiger partial charge on any atom is 0.410 e. The van der Waals surface area contributed by atoms with E-state index in [4.69, 9.17) is 4.74 Å². The molecule has 3 rings (SSSR count). The molecular formula is C16H21BrN2O4S. The number of aryl methyl sites for hydroxylation is 1. The van der Waals surface area contributed by atoms with E-state index in [1.165, 1.54) is 4.31 Å². The van der Waals surface area contributed by atoms with Gasteiger partial charge in [0.2, 0.25) is 10.0 Å². The fourth-order valence-corrected chi connectivity index (χ4v) is 5.01. The Balaban J connectivity index is 1.57. The first kappa shape index (κ1) is 17.7. The van der Waals surface area contributed by atoms with Gasteiger partial charge in [0.15, 0.2) is 0 Å². The molecule has 132 valence electrons. The van der Waals surface area contributed by atoms with Crippen molar-refractivity contribution in [3.05, 3.63) is 34.3 Å². The minimum absolute atomic E-state index is 0.0985. The summed E-state index contributed by atoms with van der Waals surface area (Å²) in [6.45, 7) is 1.35. The molecule has 6 nitrogen and oxygen atoms in total. The molecule has 0 radical (unpaired) electrons. The number of halogens is 1. The molecule has 0 saturated carbocycles. The Bertz CT molecular complexity index is 712. The summed E-state index contributed by atoms with van der Waals surface area (Å²) in [5.74, 6) is 0.0985. The third-order valence-electron chi connectivity index (χ3n) is 4.73. The molecule has 2 saturated heterocycles. The molecule has 1 aromatic rings. The van der Waals surface area contributed by atoms with Crippen LogP contribution in [0, 0.1) is 0 Å². The number of rotatable bonds is 4. The summed E-state index contributed by atoms with van der Waals surface area (Å²) in [6, 6.07) is 7.69. The third kappa shape index (κ3) is 3.75. The molecule has 0 aromatic heterocycles. The van der Waals surface area contributed by atoms with Crippen molar-refractivity contribution in [2.24, 2.45) is 0 Å². The molecule has 0 bridgehead atoms. The van der Waals surface area contributed by atoms with Crippen LogP contribution in [0.1, 0.15) is 18.4 Å². The van der Waals surface area contributed by atoms with Crippen molar-refractivity contribution in [1.29, 1.82) is 0 Å². The van der Waals surface area contributed by atoms with E-state index >= 15 is 0 Å². The number of hydrogen-bond donors (Lipinski definition) is 0. The first-order valence-electron chi connectivity index (χ1n) is 7.96. The molecule has 0 N–H and O–H groups in total. The van der Waals surface area contributed by atoms with Crippen LogP contribution in [0.2, 0.25) is 0 Å². The Morgan fingerprint density at radius 2 is 1.83 bits per heavy atom. The van der Waals surface area contributed by atoms with Crippen molar-refractivity contribution < 1.29 is 17.9 Å². The quantitative estimate of drug-likeness (QED) is 0.754. The lowest BCUT2D eigenvalue weighted by Crippen LogP contribution is -2.49. The molecule has 8 heteroatoms. The monoisotopic (exact) mass is 416 g/mol. The summed E-state index contributed by atoms with van der Waals surface area (Å²) in [6.07, 6.45) is 1.29. The summed E-state index contributed by atoms with van der Waals surface area (Å²) in [5, 5.41) is 0. The summed E-state index contributed by atoms with van der Waals surface area (Å²) < 4.78 is 33.1. The van der Waals surface area contributed by atoms with Gasteiger partial charge in [0.05, 0.1) is 12.3 Å². The van der Waals surface area contributed by atoms with Crippen LogP contribution in [-0.4, -0.2) is 61.8 Å². The van der Waals surface area contributed by atoms with Gasteiger partial charge in [0.25, 0.3) is 0 Å². The maximum absolute atomic E-state index is 12.6. The van der Waals surface area contributed by atoms with Crippen LogP contribution in [0.25, 0.3) is 0 Å². The van der Waals surface area contributed by atoms with Crippen LogP contribution in [0.3, 0.4) is 0 Å². The van der Waals surface area contributed by atoms with Crippen LogP contribution < -0.4 is 0 Å². The smallest absolute Gasteiger partial charge is 0.410 e. The molecule has 1 amide bonds. The second kappa shape index (κ2) is 6.65. The SMILES string of the molecule is CN1CC2(CCN(S(=O)(=O)CCc3ccc(Br)cc3)CC2)OC1=O. The number of hydrogen-bond acceptors (Lipinski definition) is 4. The maximum atomic E-state index is 12.6. The average molecular weight is 417 g/mol. The van der Waals surface area contributed by atoms with Crippen LogP contribution in [0.5, 0.6) is 0 Å². The standard InChI is InChI=1S/C16H21BrN2O4S/c1-18-12-16(23-15(18)20)7-9-19(10-8-16)24(21,22)11-6-13-2-4-14(17)5-3-13/h2-5H,6-12H2,1H3. The number of ether oxygens (including phenoxy) is 1. The first-order chi connectivity index (χ1) is 11.3. The van der Waals surface area contributed by atoms with E-state index in [9.17, 15) is 13.2 Å². The van der Waals surface area contributed by atoms with E-state index in [0.29, 0.717) is 38.9 Å². The number of benzene rings is 1. The molecule has 2 heterocycles. The average Bonchev–Trinajstić information content (AvgIpc) is 2.81. The molecule has 2 aliphatic rings. The lowest BCUT2D eigenvalue weighted by molar-refractivity contribution is 0.0172. The van der Waals surface area contributed by atoms with Gasteiger partial charge in [-0.2, -0.15) is 0 Å². The van der Waals surface area contributed by atoms with Crippen LogP contribution in [-0.2, 0) is 21.2 Å². The number of amides is 1. The van der Waals surface area contributed by atoms with Crippen LogP contribution in [0.15, 0.2) is 28.7 Å². The van der Waals surface area contributed by atoms with E-state index in [-0.39, 0.29) is 11.8 Å². The lowest BCUT2D eigenvalue weighted by atomic mass is 9.92. The highest BCUT2D eigenvalue weighted by Crippen LogP contribution is 2.33. The highest BCUT2D eigenvalue weighted by atomic mass is 79.9. The molecule has 2 aliphatic heterocycles. The highest BCUT2D eigenvalue weighted by molar-refractivity contribution is 9.10. The second-order valence-electron chi connectivity index (χ2n) is 6.50. The fraction of sp³-hybridized carbons (Fsp3) is 0.562. The molecule has 1 aromatic carbocycles. The topological polar surface area (TPSA) is 66.9 Å². The predicted molar refractivity (Wildman–Crippen MR) is 94.3 cm³/mol. The van der Waals surface area contributed by atoms with Gasteiger partial charge in [-0.15, -0.1) is 0 Å². The largest absolute Gasteiger partial charge is 0.441 e. The third-order valence-corrected chi connectivity index (χ3v) is 7.13. The zero-order valence-corrected chi connectivity index (χ0v) is 16.0. The minimum Gasteiger partial charge on any atom is -0.441 e. The number of likely N-dealkylation sites (N-methyl/N-ethyl adjacent to an activating group) is 1. The van der Waals surface area contributed by atoms with Crippen LogP contribution >= 0.6 is 15.9 Å². The number of carbonyl (C=O) groups excluding carboxylic acids is 1. The van der Waals surface area contributed by atoms with Crippen LogP contribution in [0.4, 0.5) is 4.79 Å². The van der Waals surface area contributed by atoms with Gasteiger partial charge in [0, 0.05) is 37.5 Å². The van der Waals surface area contributed by atoms with E-state index in [0.717, 1.165) is 10.0 Å². The Labute approximate surface area is 150 Å². The van der Waals surface area contributed by atoms with Crippen molar-refractivity contribution in [3.8, 4) is 0 Å². The van der Waals surface area contributed by atoms with Crippen molar-refractivity contribution in [2.45, 2.75) is 24.9 Å². The van der Waals surface area contributed by atoms with Gasteiger partial charge >= 0.3 is 6.09 Å². The summed E-state index contributed by atoms with van der Waals surface area (Å²) in [7, 11) is -1.59. The Kier molecular flexibility index (Phi) is 4.90. The van der Waals surface area contributed by atoms with Gasteiger partial charge in [-0.3, -0.25) is 0 Å². The van der Waals surface area contributed by atoms with Crippen molar-refractivity contribution in [3.63, 3.8) is 0 Å². The molecule has 0 unspecified atom stereocenters. The molecular weight excluding hydrogens is 396 g/mol. The number of nitrogens with zero attached hydrogens (tertiary/aromatic N) is 2. The molecule has 2 fully saturated rings. The summed E-state index contributed by atoms with van der Waals surface area (Å²) in [4.78, 5) is 13.1. The van der Waals surface area contributed by atoms with Gasteiger partial charge in [0.1, 0.15) is 5.60 Å². The molecule has 24 heavy (non-hydrogen) atoms. The van der Waals surface area contributed by atoms with E-state index in [1.54, 1.807) is 11.9 Å². The van der Waals surface area contributed by atoms with Crippen molar-refractivity contribution in [2.75, 3.05) is 32.4 Å². The van der Waals surface area contributed by atoms with Crippen molar-refractivity contribution in [1.82, 2.24) is 9.21 Å². The Morgan fingerprint density at radius 3 is 2.38 bits per heavy atom. The zero-order chi connectivity index (χ0) is 17.4. The molecule has 0 aliphatic carbocycles. The molecule has 1 spiro atoms. The number of piperidine rings is 1. The van der Waals surface area contributed by atoms with Gasteiger partial charge < -0.3 is 9.64 Å². The van der Waals surface area contributed by atoms with Gasteiger partial charge in [-0.25, -0.2) is 17.5 Å². The summed E-state index contributed by atoms with van der Waals surface area (Å²) in [5.41, 5.74) is 0.491. The number of sulfonamides is 1. The Hall–Kier alpha value is -1.12. The zero-order valence-electron chi connectivity index (χ0n) is 13.6. The minimum atomic E-state index is -3.30. The van der Waals surface area contributed by atoms with Crippen molar-refractivity contribution >= 4 is 32.0 Å². The van der Waals surface area contributed by atoms with E-state index in [1.807, 2.05) is 24.3 Å². The Morgan fingerprint density at radius 1 is 1.21 bits per heavy atom. The molecule has 0 atom stereocenters. The highest BCUT2D eigenvalue weighted by Gasteiger charge is 2.47. The summed E-state index contributed by atoms with van der Waals surface area (Å²) >= 11 is 3.37. The number of carbonyl (C=O) groups is 1. The van der Waals surface area contributed by atoms with E-state index < -0.39 is 15.6 Å². The normalized spacial score (nSPS) is 21.2. The lowest BCUT2D eigenvalue weighted by Gasteiger charge is -2.36. The fourth-order valence-electron chi connectivity index (χ4n) is 3.25. The first-order valence-corrected chi connectivity index (χ1v) is 10.4. The predicted octanol–water partition coefficient (Wildman–Crippen LogP) is 2.24. The van der Waals surface area contributed by atoms with Gasteiger partial charge in [-0.05, 0) is 24.1 Å².